The molecular formula is C20H16Cl2N2O3S. The van der Waals surface area contributed by atoms with E-state index in [1.807, 2.05) is 18.2 Å². The molecule has 3 aromatic rings. The summed E-state index contributed by atoms with van der Waals surface area (Å²) in [5.41, 5.74) is 6.89. The van der Waals surface area contributed by atoms with E-state index in [0.29, 0.717) is 31.9 Å². The molecule has 0 unspecified atom stereocenters. The quantitative estimate of drug-likeness (QED) is 0.557. The monoisotopic (exact) mass is 434 g/mol. The molecule has 144 valence electrons. The van der Waals surface area contributed by atoms with Crippen molar-refractivity contribution in [3.8, 4) is 16.9 Å². The first-order chi connectivity index (χ1) is 13.4. The highest BCUT2D eigenvalue weighted by molar-refractivity contribution is 7.15. The molecule has 0 fully saturated rings. The Kier molecular flexibility index (Phi) is 6.24. The summed E-state index contributed by atoms with van der Waals surface area (Å²) in [5.74, 6) is -0.503. The van der Waals surface area contributed by atoms with Gasteiger partial charge in [0.15, 0.2) is 6.10 Å². The van der Waals surface area contributed by atoms with Crippen molar-refractivity contribution in [1.82, 2.24) is 0 Å². The second-order valence-electron chi connectivity index (χ2n) is 5.90. The van der Waals surface area contributed by atoms with Crippen LogP contribution in [-0.4, -0.2) is 17.9 Å². The van der Waals surface area contributed by atoms with Gasteiger partial charge in [-0.1, -0.05) is 47.5 Å². The second kappa shape index (κ2) is 8.65. The van der Waals surface area contributed by atoms with E-state index in [4.69, 9.17) is 33.7 Å². The fourth-order valence-corrected chi connectivity index (χ4v) is 4.05. The smallest absolute Gasteiger partial charge is 0.265 e. The number of nitrogens with two attached hydrogens (primary N) is 1. The first kappa shape index (κ1) is 20.2. The normalized spacial score (nSPS) is 11.7. The highest BCUT2D eigenvalue weighted by Gasteiger charge is 2.23. The van der Waals surface area contributed by atoms with Gasteiger partial charge in [0.25, 0.3) is 11.8 Å². The number of nitrogens with one attached hydrogen (secondary N) is 1. The van der Waals surface area contributed by atoms with E-state index in [1.54, 1.807) is 42.6 Å². The van der Waals surface area contributed by atoms with Crippen molar-refractivity contribution >= 4 is 51.4 Å². The Morgan fingerprint density at radius 2 is 1.82 bits per heavy atom. The summed E-state index contributed by atoms with van der Waals surface area (Å²) in [5, 5.41) is 5.63. The number of carbonyl (C=O) groups is 2. The molecule has 2 amide bonds. The van der Waals surface area contributed by atoms with E-state index >= 15 is 0 Å². The zero-order valence-corrected chi connectivity index (χ0v) is 17.1. The zero-order valence-electron chi connectivity index (χ0n) is 14.7. The molecule has 0 aliphatic heterocycles. The number of hydrogen-bond acceptors (Lipinski definition) is 4. The van der Waals surface area contributed by atoms with Crippen molar-refractivity contribution in [1.29, 1.82) is 0 Å². The van der Waals surface area contributed by atoms with Crippen molar-refractivity contribution in [3.63, 3.8) is 0 Å². The third kappa shape index (κ3) is 4.47. The van der Waals surface area contributed by atoms with Gasteiger partial charge in [-0.25, -0.2) is 0 Å². The van der Waals surface area contributed by atoms with Crippen LogP contribution in [0.4, 0.5) is 5.00 Å². The molecule has 0 aliphatic rings. The molecule has 0 saturated carbocycles. The molecule has 0 bridgehead atoms. The van der Waals surface area contributed by atoms with Crippen LogP contribution in [0.15, 0.2) is 53.9 Å². The van der Waals surface area contributed by atoms with Crippen molar-refractivity contribution in [2.45, 2.75) is 13.0 Å². The topological polar surface area (TPSA) is 81.4 Å². The van der Waals surface area contributed by atoms with E-state index in [-0.39, 0.29) is 5.56 Å². The molecule has 2 aromatic carbocycles. The first-order valence-corrected chi connectivity index (χ1v) is 9.89. The number of thiophene rings is 1. The molecule has 0 aliphatic carbocycles. The number of para-hydroxylation sites is 1. The molecule has 8 heteroatoms. The van der Waals surface area contributed by atoms with Crippen LogP contribution in [0.25, 0.3) is 11.1 Å². The molecule has 1 atom stereocenters. The Balaban J connectivity index is 1.85. The minimum absolute atomic E-state index is 0.189. The summed E-state index contributed by atoms with van der Waals surface area (Å²) in [6.45, 7) is 1.62. The lowest BCUT2D eigenvalue weighted by molar-refractivity contribution is -0.122. The molecular weight excluding hydrogens is 419 g/mol. The Morgan fingerprint density at radius 1 is 1.11 bits per heavy atom. The molecule has 0 spiro atoms. The third-order valence-corrected chi connectivity index (χ3v) is 5.36. The van der Waals surface area contributed by atoms with Crippen LogP contribution in [-0.2, 0) is 4.79 Å². The van der Waals surface area contributed by atoms with Crippen LogP contribution in [0.1, 0.15) is 17.3 Å². The molecule has 3 rings (SSSR count). The maximum Gasteiger partial charge on any atom is 0.265 e. The Hall–Kier alpha value is -2.54. The number of halogens is 2. The van der Waals surface area contributed by atoms with Crippen LogP contribution in [0, 0.1) is 0 Å². The fourth-order valence-electron chi connectivity index (χ4n) is 2.57. The molecule has 1 heterocycles. The number of carbonyl (C=O) groups excluding carboxylic acids is 2. The Morgan fingerprint density at radius 3 is 2.46 bits per heavy atom. The van der Waals surface area contributed by atoms with Gasteiger partial charge in [0.2, 0.25) is 0 Å². The van der Waals surface area contributed by atoms with Gasteiger partial charge in [-0.15, -0.1) is 11.3 Å². The van der Waals surface area contributed by atoms with Gasteiger partial charge in [0, 0.05) is 26.6 Å². The number of rotatable bonds is 6. The summed E-state index contributed by atoms with van der Waals surface area (Å²) in [6, 6.07) is 13.9. The zero-order chi connectivity index (χ0) is 20.3. The second-order valence-corrected chi connectivity index (χ2v) is 7.63. The van der Waals surface area contributed by atoms with Gasteiger partial charge in [-0.05, 0) is 31.2 Å². The van der Waals surface area contributed by atoms with E-state index < -0.39 is 17.9 Å². The lowest BCUT2D eigenvalue weighted by atomic mass is 10.0. The lowest BCUT2D eigenvalue weighted by Gasteiger charge is -2.14. The highest BCUT2D eigenvalue weighted by atomic mass is 35.5. The first-order valence-electron chi connectivity index (χ1n) is 8.26. The summed E-state index contributed by atoms with van der Waals surface area (Å²) < 4.78 is 5.61. The largest absolute Gasteiger partial charge is 0.481 e. The van der Waals surface area contributed by atoms with Crippen LogP contribution in [0.2, 0.25) is 10.0 Å². The van der Waals surface area contributed by atoms with Crippen molar-refractivity contribution < 1.29 is 14.3 Å². The number of primary amides is 1. The van der Waals surface area contributed by atoms with E-state index in [1.165, 1.54) is 11.3 Å². The number of benzene rings is 2. The van der Waals surface area contributed by atoms with Crippen LogP contribution >= 0.6 is 34.5 Å². The maximum atomic E-state index is 12.5. The Labute approximate surface area is 176 Å². The minimum atomic E-state index is -0.771. The number of amides is 2. The highest BCUT2D eigenvalue weighted by Crippen LogP contribution is 2.39. The standard InChI is InChI=1S/C20H16Cl2N2O3S/c1-11(27-13-5-3-2-4-6-13)19(26)24-20-17(18(23)25)15(10-28-20)14-8-7-12(21)9-16(14)22/h2-11H,1H3,(H2,23,25)(H,24,26)/t11-/m0/s1. The fraction of sp³-hybridized carbons (Fsp3) is 0.100. The van der Waals surface area contributed by atoms with Crippen LogP contribution < -0.4 is 15.8 Å². The van der Waals surface area contributed by atoms with Gasteiger partial charge in [0.05, 0.1) is 5.56 Å². The SMILES string of the molecule is C[C@H](Oc1ccccc1)C(=O)Nc1scc(-c2ccc(Cl)cc2Cl)c1C(N)=O. The number of ether oxygens (including phenoxy) is 1. The van der Waals surface area contributed by atoms with Gasteiger partial charge in [-0.3, -0.25) is 9.59 Å². The Bertz CT molecular complexity index is 1020. The molecule has 28 heavy (non-hydrogen) atoms. The average molecular weight is 435 g/mol. The maximum absolute atomic E-state index is 12.5. The van der Waals surface area contributed by atoms with Crippen molar-refractivity contribution in [2.75, 3.05) is 5.32 Å². The van der Waals surface area contributed by atoms with Gasteiger partial charge in [0.1, 0.15) is 10.8 Å². The predicted molar refractivity (Wildman–Crippen MR) is 113 cm³/mol. The average Bonchev–Trinajstić information content (AvgIpc) is 3.06. The van der Waals surface area contributed by atoms with Gasteiger partial charge in [-0.2, -0.15) is 0 Å². The van der Waals surface area contributed by atoms with Crippen molar-refractivity contribution in [3.05, 3.63) is 69.5 Å². The molecule has 0 saturated heterocycles. The lowest BCUT2D eigenvalue weighted by Crippen LogP contribution is -2.30. The number of hydrogen-bond donors (Lipinski definition) is 2. The van der Waals surface area contributed by atoms with Crippen LogP contribution in [0.5, 0.6) is 5.75 Å². The van der Waals surface area contributed by atoms with Gasteiger partial charge < -0.3 is 15.8 Å². The van der Waals surface area contributed by atoms with Gasteiger partial charge >= 0.3 is 0 Å². The van der Waals surface area contributed by atoms with Crippen molar-refractivity contribution in [2.24, 2.45) is 5.73 Å². The van der Waals surface area contributed by atoms with E-state index in [2.05, 4.69) is 5.32 Å². The van der Waals surface area contributed by atoms with E-state index in [9.17, 15) is 9.59 Å². The molecule has 5 nitrogen and oxygen atoms in total. The molecule has 3 N–H and O–H groups in total. The van der Waals surface area contributed by atoms with E-state index in [0.717, 1.165) is 0 Å². The van der Waals surface area contributed by atoms with Crippen LogP contribution in [0.3, 0.4) is 0 Å². The summed E-state index contributed by atoms with van der Waals surface area (Å²) in [7, 11) is 0. The molecule has 1 aromatic heterocycles. The summed E-state index contributed by atoms with van der Waals surface area (Å²) >= 11 is 13.4. The third-order valence-electron chi connectivity index (χ3n) is 3.92. The number of anilines is 1. The summed E-state index contributed by atoms with van der Waals surface area (Å²) in [6.07, 6.45) is -0.771. The predicted octanol–water partition coefficient (Wildman–Crippen LogP) is 5.23. The molecule has 0 radical (unpaired) electrons. The minimum Gasteiger partial charge on any atom is -0.481 e. The summed E-state index contributed by atoms with van der Waals surface area (Å²) in [4.78, 5) is 24.6.